The summed E-state index contributed by atoms with van der Waals surface area (Å²) in [6.45, 7) is 4.81. The van der Waals surface area contributed by atoms with Crippen LogP contribution >= 0.6 is 11.3 Å². The van der Waals surface area contributed by atoms with E-state index in [1.807, 2.05) is 17.7 Å². The van der Waals surface area contributed by atoms with Crippen molar-refractivity contribution in [3.63, 3.8) is 0 Å². The predicted molar refractivity (Wildman–Crippen MR) is 145 cm³/mol. The van der Waals surface area contributed by atoms with Crippen LogP contribution in [0.15, 0.2) is 71.8 Å². The first kappa shape index (κ1) is 26.1. The predicted octanol–water partition coefficient (Wildman–Crippen LogP) is 5.83. The maximum absolute atomic E-state index is 14.5. The molecule has 11 heteroatoms. The average Bonchev–Trinajstić information content (AvgIpc) is 3.49. The third-order valence-corrected chi connectivity index (χ3v) is 7.18. The Morgan fingerprint density at radius 1 is 1.10 bits per heavy atom. The van der Waals surface area contributed by atoms with Crippen molar-refractivity contribution in [3.8, 4) is 11.4 Å². The molecule has 0 spiro atoms. The number of rotatable bonds is 9. The Labute approximate surface area is 226 Å². The van der Waals surface area contributed by atoms with E-state index < -0.39 is 17.6 Å². The molecule has 0 fully saturated rings. The number of esters is 1. The van der Waals surface area contributed by atoms with Crippen LogP contribution in [-0.2, 0) is 11.3 Å². The number of ether oxygens (including phenoxy) is 2. The summed E-state index contributed by atoms with van der Waals surface area (Å²) in [4.78, 5) is 30.6. The van der Waals surface area contributed by atoms with E-state index in [-0.39, 0.29) is 28.4 Å². The fraction of sp³-hybridized carbons (Fsp3) is 0.179. The number of halogens is 2. The highest BCUT2D eigenvalue weighted by Crippen LogP contribution is 2.39. The number of hydrogen-bond acceptors (Lipinski definition) is 7. The van der Waals surface area contributed by atoms with Gasteiger partial charge in [0.1, 0.15) is 39.5 Å². The fourth-order valence-electron chi connectivity index (χ4n) is 4.11. The molecule has 0 atom stereocenters. The maximum Gasteiger partial charge on any atom is 0.350 e. The number of hydrogen-bond donors (Lipinski definition) is 1. The molecule has 3 aromatic heterocycles. The van der Waals surface area contributed by atoms with E-state index >= 15 is 0 Å². The van der Waals surface area contributed by atoms with Crippen LogP contribution in [0.1, 0.15) is 22.4 Å². The summed E-state index contributed by atoms with van der Waals surface area (Å²) >= 11 is 1.04. The van der Waals surface area contributed by atoms with E-state index in [1.165, 1.54) is 16.7 Å². The van der Waals surface area contributed by atoms with Crippen LogP contribution in [0.4, 0.5) is 20.2 Å². The van der Waals surface area contributed by atoms with Crippen LogP contribution < -0.4 is 15.6 Å². The summed E-state index contributed by atoms with van der Waals surface area (Å²) in [5, 5.41) is 3.40. The lowest BCUT2D eigenvalue weighted by Crippen LogP contribution is -2.16. The number of aryl methyl sites for hydroxylation is 1. The topological polar surface area (TPSA) is 87.4 Å². The lowest BCUT2D eigenvalue weighted by Gasteiger charge is -2.11. The number of thiophene rings is 1. The first-order chi connectivity index (χ1) is 18.9. The van der Waals surface area contributed by atoms with Gasteiger partial charge in [-0.05, 0) is 56.3 Å². The summed E-state index contributed by atoms with van der Waals surface area (Å²) < 4.78 is 42.4. The maximum atomic E-state index is 14.5. The Kier molecular flexibility index (Phi) is 7.42. The molecule has 0 radical (unpaired) electrons. The van der Waals surface area contributed by atoms with Crippen molar-refractivity contribution < 1.29 is 23.0 Å². The number of nitrogens with one attached hydrogen (secondary N) is 1. The molecule has 0 aliphatic heterocycles. The normalized spacial score (nSPS) is 11.1. The number of nitrogens with zero attached hydrogens (tertiary/aromatic N) is 3. The van der Waals surface area contributed by atoms with Gasteiger partial charge < -0.3 is 19.4 Å². The molecule has 39 heavy (non-hydrogen) atoms. The quantitative estimate of drug-likeness (QED) is 0.232. The van der Waals surface area contributed by atoms with Gasteiger partial charge in [-0.2, -0.15) is 0 Å². The van der Waals surface area contributed by atoms with E-state index in [2.05, 4.69) is 10.3 Å². The Balaban J connectivity index is 1.50. The molecule has 3 heterocycles. The third kappa shape index (κ3) is 5.39. The number of fused-ring (bicyclic) bond motifs is 1. The molecule has 0 saturated carbocycles. The largest absolute Gasteiger partial charge is 0.492 e. The lowest BCUT2D eigenvalue weighted by molar-refractivity contribution is 0.0533. The van der Waals surface area contributed by atoms with Crippen LogP contribution in [-0.4, -0.2) is 33.3 Å². The Morgan fingerprint density at radius 2 is 1.90 bits per heavy atom. The van der Waals surface area contributed by atoms with Crippen LogP contribution in [0.2, 0.25) is 0 Å². The Morgan fingerprint density at radius 3 is 2.59 bits per heavy atom. The summed E-state index contributed by atoms with van der Waals surface area (Å²) in [6, 6.07) is 13.0. The van der Waals surface area contributed by atoms with Gasteiger partial charge in [-0.15, -0.1) is 11.3 Å². The van der Waals surface area contributed by atoms with Gasteiger partial charge >= 0.3 is 5.97 Å². The van der Waals surface area contributed by atoms with E-state index in [4.69, 9.17) is 9.47 Å². The zero-order chi connectivity index (χ0) is 27.5. The number of anilines is 2. The second-order valence-electron chi connectivity index (χ2n) is 8.51. The van der Waals surface area contributed by atoms with Gasteiger partial charge in [0.25, 0.3) is 5.56 Å². The first-order valence-electron chi connectivity index (χ1n) is 12.1. The van der Waals surface area contributed by atoms with E-state index in [9.17, 15) is 18.4 Å². The van der Waals surface area contributed by atoms with Crippen LogP contribution in [0.3, 0.4) is 0 Å². The Hall–Kier alpha value is -4.51. The molecule has 0 saturated heterocycles. The van der Waals surface area contributed by atoms with Gasteiger partial charge in [0.05, 0.1) is 30.2 Å². The average molecular weight is 551 g/mol. The number of carbonyl (C=O) groups is 1. The van der Waals surface area contributed by atoms with E-state index in [1.54, 1.807) is 43.5 Å². The highest BCUT2D eigenvalue weighted by atomic mass is 32.1. The molecule has 200 valence electrons. The van der Waals surface area contributed by atoms with Crippen molar-refractivity contribution in [1.29, 1.82) is 0 Å². The number of carbonyl (C=O) groups excluding carboxylic acids is 1. The van der Waals surface area contributed by atoms with Crippen LogP contribution in [0.5, 0.6) is 5.75 Å². The van der Waals surface area contributed by atoms with E-state index in [0.29, 0.717) is 34.8 Å². The SMILES string of the molecule is CCOC(=O)c1sc2c(ccc(=O)n2-c2ccc(OCCn3ccnc3C)cc2)c1Nc1ccc(F)cc1F. The molecule has 0 unspecified atom stereocenters. The highest BCUT2D eigenvalue weighted by Gasteiger charge is 2.23. The number of imidazole rings is 1. The summed E-state index contributed by atoms with van der Waals surface area (Å²) in [7, 11) is 0. The van der Waals surface area contributed by atoms with Crippen LogP contribution in [0, 0.1) is 18.6 Å². The molecule has 2 aromatic carbocycles. The zero-order valence-corrected chi connectivity index (χ0v) is 21.9. The molecular weight excluding hydrogens is 526 g/mol. The fourth-order valence-corrected chi connectivity index (χ4v) is 5.28. The van der Waals surface area contributed by atoms with Gasteiger partial charge in [-0.3, -0.25) is 9.36 Å². The molecule has 0 aliphatic carbocycles. The molecular formula is C28H24F2N4O4S. The second kappa shape index (κ2) is 11.1. The smallest absolute Gasteiger partial charge is 0.350 e. The highest BCUT2D eigenvalue weighted by molar-refractivity contribution is 7.21. The summed E-state index contributed by atoms with van der Waals surface area (Å²) in [5.74, 6) is -0.646. The van der Waals surface area contributed by atoms with Crippen molar-refractivity contribution in [3.05, 3.63) is 99.7 Å². The molecule has 8 nitrogen and oxygen atoms in total. The van der Waals surface area contributed by atoms with Gasteiger partial charge in [-0.1, -0.05) is 0 Å². The van der Waals surface area contributed by atoms with Crippen LogP contribution in [0.25, 0.3) is 15.9 Å². The summed E-state index contributed by atoms with van der Waals surface area (Å²) in [5.41, 5.74) is 0.483. The van der Waals surface area contributed by atoms with Gasteiger partial charge in [-0.25, -0.2) is 18.6 Å². The minimum Gasteiger partial charge on any atom is -0.492 e. The van der Waals surface area contributed by atoms with Crippen molar-refractivity contribution in [2.45, 2.75) is 20.4 Å². The second-order valence-corrected chi connectivity index (χ2v) is 9.51. The molecule has 5 rings (SSSR count). The van der Waals surface area contributed by atoms with E-state index in [0.717, 1.165) is 29.3 Å². The number of pyridine rings is 1. The monoisotopic (exact) mass is 550 g/mol. The van der Waals surface area contributed by atoms with Crippen molar-refractivity contribution >= 4 is 38.9 Å². The van der Waals surface area contributed by atoms with Gasteiger partial charge in [0.15, 0.2) is 0 Å². The standard InChI is InChI=1S/C28H24F2N4O4S/c1-3-37-28(36)26-25(32-23-10-4-18(29)16-22(23)30)21-9-11-24(35)34(27(21)39-26)19-5-7-20(8-6-19)38-15-14-33-13-12-31-17(33)2/h4-13,16,32H,3,14-15H2,1-2H3. The summed E-state index contributed by atoms with van der Waals surface area (Å²) in [6.07, 6.45) is 3.62. The van der Waals surface area contributed by atoms with Crippen molar-refractivity contribution in [2.24, 2.45) is 0 Å². The molecule has 0 bridgehead atoms. The lowest BCUT2D eigenvalue weighted by atomic mass is 10.2. The minimum atomic E-state index is -0.823. The first-order valence-corrected chi connectivity index (χ1v) is 13.0. The molecule has 0 aliphatic rings. The van der Waals surface area contributed by atoms with Gasteiger partial charge in [0.2, 0.25) is 0 Å². The zero-order valence-electron chi connectivity index (χ0n) is 21.1. The molecule has 5 aromatic rings. The molecule has 0 amide bonds. The molecule has 1 N–H and O–H groups in total. The number of benzene rings is 2. The minimum absolute atomic E-state index is 0.0215. The van der Waals surface area contributed by atoms with Gasteiger partial charge in [0, 0.05) is 29.9 Å². The van der Waals surface area contributed by atoms with Crippen molar-refractivity contribution in [2.75, 3.05) is 18.5 Å². The van der Waals surface area contributed by atoms with Crippen molar-refractivity contribution in [1.82, 2.24) is 14.1 Å². The third-order valence-electron chi connectivity index (χ3n) is 6.01. The Bertz CT molecular complexity index is 1710. The number of aromatic nitrogens is 3.